The molecule has 196 valence electrons. The van der Waals surface area contributed by atoms with E-state index in [1.54, 1.807) is 0 Å². The van der Waals surface area contributed by atoms with Crippen LogP contribution in [0.2, 0.25) is 5.02 Å². The Morgan fingerprint density at radius 3 is 2.23 bits per heavy atom. The van der Waals surface area contributed by atoms with Crippen LogP contribution in [-0.4, -0.2) is 37.9 Å². The third-order valence-corrected chi connectivity index (χ3v) is 7.57. The number of halogens is 1. The molecule has 0 aliphatic heterocycles. The summed E-state index contributed by atoms with van der Waals surface area (Å²) in [4.78, 5) is 15.5. The molecule has 5 aromatic rings. The topological polar surface area (TPSA) is 51.0 Å². The number of carbonyl (C=O) groups excluding carboxylic acids is 1. The Kier molecular flexibility index (Phi) is 8.76. The van der Waals surface area contributed by atoms with Gasteiger partial charge in [0.1, 0.15) is 0 Å². The van der Waals surface area contributed by atoms with Crippen molar-refractivity contribution in [3.8, 4) is 17.1 Å². The number of hydrogen-bond donors (Lipinski definition) is 0. The monoisotopic (exact) mass is 552 g/mol. The molecule has 7 heteroatoms. The standard InChI is InChI=1S/C32H29ClN4OS/c1-24-15-17-27(18-16-24)31-34-35-32(37(31)29-14-8-13-28(33)21-29)39-23-30(38)36(22-26-11-6-3-7-12-26)20-19-25-9-4-2-5-10-25/h2-18,21H,19-20,22-23H2,1H3. The average molecular weight is 553 g/mol. The number of thioether (sulfide) groups is 1. The number of carbonyl (C=O) groups is 1. The molecule has 4 aromatic carbocycles. The maximum atomic E-state index is 13.6. The molecule has 39 heavy (non-hydrogen) atoms. The fourth-order valence-electron chi connectivity index (χ4n) is 4.32. The first kappa shape index (κ1) is 26.7. The first-order valence-corrected chi connectivity index (χ1v) is 14.2. The highest BCUT2D eigenvalue weighted by atomic mass is 35.5. The van der Waals surface area contributed by atoms with E-state index in [1.807, 2.05) is 82.3 Å². The fourth-order valence-corrected chi connectivity index (χ4v) is 5.36. The van der Waals surface area contributed by atoms with E-state index in [4.69, 9.17) is 11.6 Å². The molecule has 5 nitrogen and oxygen atoms in total. The molecule has 0 unspecified atom stereocenters. The summed E-state index contributed by atoms with van der Waals surface area (Å²) in [6, 6.07) is 36.1. The molecule has 0 saturated heterocycles. The molecule has 0 saturated carbocycles. The van der Waals surface area contributed by atoms with Crippen LogP contribution >= 0.6 is 23.4 Å². The summed E-state index contributed by atoms with van der Waals surface area (Å²) in [5.41, 5.74) is 5.27. The number of aromatic nitrogens is 3. The van der Waals surface area contributed by atoms with E-state index >= 15 is 0 Å². The number of aryl methyl sites for hydroxylation is 1. The van der Waals surface area contributed by atoms with Gasteiger partial charge in [-0.2, -0.15) is 0 Å². The van der Waals surface area contributed by atoms with Crippen LogP contribution in [-0.2, 0) is 17.8 Å². The second kappa shape index (κ2) is 12.8. The Bertz CT molecular complexity index is 1520. The van der Waals surface area contributed by atoms with Crippen LogP contribution in [0.25, 0.3) is 17.1 Å². The SMILES string of the molecule is Cc1ccc(-c2nnc(SCC(=O)N(CCc3ccccc3)Cc3ccccc3)n2-c2cccc(Cl)c2)cc1. The van der Waals surface area contributed by atoms with Crippen molar-refractivity contribution in [1.29, 1.82) is 0 Å². The van der Waals surface area contributed by atoms with Crippen LogP contribution in [0.1, 0.15) is 16.7 Å². The third-order valence-electron chi connectivity index (χ3n) is 6.42. The van der Waals surface area contributed by atoms with Crippen molar-refractivity contribution >= 4 is 29.3 Å². The van der Waals surface area contributed by atoms with Crippen LogP contribution in [0.3, 0.4) is 0 Å². The van der Waals surface area contributed by atoms with Gasteiger partial charge in [0.05, 0.1) is 11.4 Å². The lowest BCUT2D eigenvalue weighted by Crippen LogP contribution is -2.34. The minimum Gasteiger partial charge on any atom is -0.337 e. The Hall–Kier alpha value is -3.87. The van der Waals surface area contributed by atoms with E-state index in [2.05, 4.69) is 53.5 Å². The molecule has 0 radical (unpaired) electrons. The highest BCUT2D eigenvalue weighted by Gasteiger charge is 2.20. The Balaban J connectivity index is 1.39. The average Bonchev–Trinajstić information content (AvgIpc) is 3.39. The number of hydrogen-bond acceptors (Lipinski definition) is 4. The van der Waals surface area contributed by atoms with Gasteiger partial charge >= 0.3 is 0 Å². The minimum atomic E-state index is 0.0531. The van der Waals surface area contributed by atoms with Gasteiger partial charge in [-0.15, -0.1) is 10.2 Å². The summed E-state index contributed by atoms with van der Waals surface area (Å²) in [5.74, 6) is 1.00. The van der Waals surface area contributed by atoms with Crippen molar-refractivity contribution in [3.63, 3.8) is 0 Å². The highest BCUT2D eigenvalue weighted by Crippen LogP contribution is 2.29. The second-order valence-electron chi connectivity index (χ2n) is 9.31. The van der Waals surface area contributed by atoms with Crippen LogP contribution in [0, 0.1) is 6.92 Å². The van der Waals surface area contributed by atoms with Crippen molar-refractivity contribution in [2.75, 3.05) is 12.3 Å². The summed E-state index contributed by atoms with van der Waals surface area (Å²) in [5, 5.41) is 10.3. The molecular formula is C32H29ClN4OS. The van der Waals surface area contributed by atoms with E-state index in [9.17, 15) is 4.79 Å². The van der Waals surface area contributed by atoms with Gasteiger partial charge < -0.3 is 4.90 Å². The molecule has 1 aromatic heterocycles. The number of benzene rings is 4. The zero-order chi connectivity index (χ0) is 27.0. The Morgan fingerprint density at radius 1 is 0.846 bits per heavy atom. The zero-order valence-corrected chi connectivity index (χ0v) is 23.3. The Labute approximate surface area is 238 Å². The van der Waals surface area contributed by atoms with E-state index in [1.165, 1.54) is 22.9 Å². The first-order chi connectivity index (χ1) is 19.1. The van der Waals surface area contributed by atoms with Crippen LogP contribution in [0.5, 0.6) is 0 Å². The lowest BCUT2D eigenvalue weighted by atomic mass is 10.1. The van der Waals surface area contributed by atoms with E-state index in [-0.39, 0.29) is 11.7 Å². The predicted octanol–water partition coefficient (Wildman–Crippen LogP) is 7.26. The molecule has 1 heterocycles. The number of nitrogens with zero attached hydrogens (tertiary/aromatic N) is 4. The zero-order valence-electron chi connectivity index (χ0n) is 21.7. The molecular weight excluding hydrogens is 524 g/mol. The summed E-state index contributed by atoms with van der Waals surface area (Å²) in [6.45, 7) is 3.24. The summed E-state index contributed by atoms with van der Waals surface area (Å²) in [7, 11) is 0. The van der Waals surface area contributed by atoms with Gasteiger partial charge in [-0.05, 0) is 42.7 Å². The quantitative estimate of drug-likeness (QED) is 0.171. The maximum Gasteiger partial charge on any atom is 0.233 e. The first-order valence-electron chi connectivity index (χ1n) is 12.8. The molecule has 0 spiro atoms. The summed E-state index contributed by atoms with van der Waals surface area (Å²) in [6.07, 6.45) is 0.792. The van der Waals surface area contributed by atoms with Gasteiger partial charge in [0.15, 0.2) is 11.0 Å². The normalized spacial score (nSPS) is 10.9. The smallest absolute Gasteiger partial charge is 0.233 e. The number of amides is 1. The molecule has 0 bridgehead atoms. The molecule has 0 aliphatic carbocycles. The van der Waals surface area contributed by atoms with Crippen LogP contribution < -0.4 is 0 Å². The van der Waals surface area contributed by atoms with Crippen molar-refractivity contribution < 1.29 is 4.79 Å². The lowest BCUT2D eigenvalue weighted by Gasteiger charge is -2.23. The molecule has 1 amide bonds. The van der Waals surface area contributed by atoms with Gasteiger partial charge in [-0.25, -0.2) is 0 Å². The van der Waals surface area contributed by atoms with E-state index in [0.29, 0.717) is 29.1 Å². The van der Waals surface area contributed by atoms with Crippen molar-refractivity contribution in [1.82, 2.24) is 19.7 Å². The predicted molar refractivity (Wildman–Crippen MR) is 159 cm³/mol. The number of rotatable bonds is 10. The van der Waals surface area contributed by atoms with Gasteiger partial charge in [0.2, 0.25) is 5.91 Å². The summed E-state index contributed by atoms with van der Waals surface area (Å²) >= 11 is 7.73. The second-order valence-corrected chi connectivity index (χ2v) is 10.7. The summed E-state index contributed by atoms with van der Waals surface area (Å²) < 4.78 is 1.97. The fraction of sp³-hybridized carbons (Fsp3) is 0.156. The molecule has 5 rings (SSSR count). The molecule has 0 fully saturated rings. The Morgan fingerprint density at radius 2 is 1.54 bits per heavy atom. The largest absolute Gasteiger partial charge is 0.337 e. The van der Waals surface area contributed by atoms with Crippen molar-refractivity contribution in [3.05, 3.63) is 131 Å². The molecule has 0 N–H and O–H groups in total. The maximum absolute atomic E-state index is 13.6. The third kappa shape index (κ3) is 6.96. The molecule has 0 aliphatic rings. The van der Waals surface area contributed by atoms with Crippen LogP contribution in [0.4, 0.5) is 0 Å². The van der Waals surface area contributed by atoms with Crippen molar-refractivity contribution in [2.45, 2.75) is 25.0 Å². The highest BCUT2D eigenvalue weighted by molar-refractivity contribution is 7.99. The van der Waals surface area contributed by atoms with Gasteiger partial charge in [-0.1, -0.05) is 120 Å². The lowest BCUT2D eigenvalue weighted by molar-refractivity contribution is -0.128. The van der Waals surface area contributed by atoms with Gasteiger partial charge in [0.25, 0.3) is 0 Å². The van der Waals surface area contributed by atoms with E-state index in [0.717, 1.165) is 23.2 Å². The van der Waals surface area contributed by atoms with Gasteiger partial charge in [0, 0.05) is 23.7 Å². The minimum absolute atomic E-state index is 0.0531. The van der Waals surface area contributed by atoms with Gasteiger partial charge in [-0.3, -0.25) is 9.36 Å². The molecule has 0 atom stereocenters. The van der Waals surface area contributed by atoms with Crippen molar-refractivity contribution in [2.24, 2.45) is 0 Å². The van der Waals surface area contributed by atoms with Crippen LogP contribution in [0.15, 0.2) is 114 Å². The van der Waals surface area contributed by atoms with E-state index < -0.39 is 0 Å².